The van der Waals surface area contributed by atoms with Crippen LogP contribution in [-0.4, -0.2) is 10.9 Å². The van der Waals surface area contributed by atoms with Crippen molar-refractivity contribution < 1.29 is 9.18 Å². The zero-order chi connectivity index (χ0) is 13.2. The predicted molar refractivity (Wildman–Crippen MR) is 72.8 cm³/mol. The van der Waals surface area contributed by atoms with Crippen molar-refractivity contribution in [2.24, 2.45) is 0 Å². The summed E-state index contributed by atoms with van der Waals surface area (Å²) in [5.41, 5.74) is 2.08. The van der Waals surface area contributed by atoms with Crippen LogP contribution < -0.4 is 0 Å². The van der Waals surface area contributed by atoms with Gasteiger partial charge in [0, 0.05) is 22.7 Å². The summed E-state index contributed by atoms with van der Waals surface area (Å²) in [7, 11) is 0. The SMILES string of the molecule is O=Cc1cccc2ccn(Cc3ccccc3F)c12. The molecule has 0 saturated carbocycles. The smallest absolute Gasteiger partial charge is 0.152 e. The Morgan fingerprint density at radius 2 is 1.89 bits per heavy atom. The fourth-order valence-electron chi connectivity index (χ4n) is 2.33. The van der Waals surface area contributed by atoms with Crippen molar-refractivity contribution in [3.05, 3.63) is 71.7 Å². The number of hydrogen-bond acceptors (Lipinski definition) is 1. The van der Waals surface area contributed by atoms with E-state index in [0.29, 0.717) is 17.7 Å². The lowest BCUT2D eigenvalue weighted by Gasteiger charge is -2.08. The Kier molecular flexibility index (Phi) is 2.88. The second kappa shape index (κ2) is 4.69. The van der Waals surface area contributed by atoms with Crippen molar-refractivity contribution >= 4 is 17.2 Å². The first kappa shape index (κ1) is 11.7. The van der Waals surface area contributed by atoms with E-state index >= 15 is 0 Å². The van der Waals surface area contributed by atoms with Gasteiger partial charge in [-0.25, -0.2) is 4.39 Å². The van der Waals surface area contributed by atoms with E-state index in [1.165, 1.54) is 6.07 Å². The molecule has 1 heterocycles. The van der Waals surface area contributed by atoms with Crippen LogP contribution in [0.5, 0.6) is 0 Å². The number of aromatic nitrogens is 1. The van der Waals surface area contributed by atoms with Crippen molar-refractivity contribution in [3.63, 3.8) is 0 Å². The topological polar surface area (TPSA) is 22.0 Å². The molecule has 0 unspecified atom stereocenters. The van der Waals surface area contributed by atoms with E-state index in [-0.39, 0.29) is 5.82 Å². The van der Waals surface area contributed by atoms with E-state index in [2.05, 4.69) is 0 Å². The summed E-state index contributed by atoms with van der Waals surface area (Å²) in [5.74, 6) is -0.229. The lowest BCUT2D eigenvalue weighted by atomic mass is 10.1. The number of para-hydroxylation sites is 1. The van der Waals surface area contributed by atoms with Gasteiger partial charge in [0.15, 0.2) is 6.29 Å². The van der Waals surface area contributed by atoms with Crippen LogP contribution in [0.3, 0.4) is 0 Å². The minimum absolute atomic E-state index is 0.229. The van der Waals surface area contributed by atoms with Gasteiger partial charge in [-0.05, 0) is 18.2 Å². The summed E-state index contributed by atoms with van der Waals surface area (Å²) >= 11 is 0. The standard InChI is InChI=1S/C16H12FNO/c17-15-7-2-1-4-13(15)10-18-9-8-12-5-3-6-14(11-19)16(12)18/h1-9,11H,10H2. The number of carbonyl (C=O) groups is 1. The maximum atomic E-state index is 13.7. The zero-order valence-corrected chi connectivity index (χ0v) is 10.2. The van der Waals surface area contributed by atoms with Gasteiger partial charge in [0.05, 0.1) is 12.1 Å². The van der Waals surface area contributed by atoms with Gasteiger partial charge in [-0.2, -0.15) is 0 Å². The van der Waals surface area contributed by atoms with E-state index in [9.17, 15) is 9.18 Å². The Balaban J connectivity index is 2.11. The van der Waals surface area contributed by atoms with Crippen LogP contribution in [0.2, 0.25) is 0 Å². The highest BCUT2D eigenvalue weighted by Gasteiger charge is 2.08. The number of aldehydes is 1. The number of hydrogen-bond donors (Lipinski definition) is 0. The van der Waals surface area contributed by atoms with Gasteiger partial charge < -0.3 is 4.57 Å². The van der Waals surface area contributed by atoms with Gasteiger partial charge in [0.25, 0.3) is 0 Å². The minimum atomic E-state index is -0.229. The summed E-state index contributed by atoms with van der Waals surface area (Å²) in [6.07, 6.45) is 2.71. The molecule has 19 heavy (non-hydrogen) atoms. The Hall–Kier alpha value is -2.42. The number of benzene rings is 2. The summed E-state index contributed by atoms with van der Waals surface area (Å²) in [4.78, 5) is 11.1. The van der Waals surface area contributed by atoms with E-state index in [0.717, 1.165) is 17.2 Å². The van der Waals surface area contributed by atoms with Crippen molar-refractivity contribution in [1.82, 2.24) is 4.57 Å². The van der Waals surface area contributed by atoms with E-state index in [1.54, 1.807) is 18.2 Å². The molecule has 3 rings (SSSR count). The zero-order valence-electron chi connectivity index (χ0n) is 10.2. The lowest BCUT2D eigenvalue weighted by Crippen LogP contribution is -2.01. The molecule has 3 aromatic rings. The van der Waals surface area contributed by atoms with Crippen molar-refractivity contribution in [3.8, 4) is 0 Å². The third-order valence-corrected chi connectivity index (χ3v) is 3.25. The molecular formula is C16H12FNO. The number of rotatable bonds is 3. The number of nitrogens with zero attached hydrogens (tertiary/aromatic N) is 1. The van der Waals surface area contributed by atoms with Crippen LogP contribution in [0.25, 0.3) is 10.9 Å². The van der Waals surface area contributed by atoms with Crippen LogP contribution in [0, 0.1) is 5.82 Å². The Bertz CT molecular complexity index is 745. The van der Waals surface area contributed by atoms with Crippen molar-refractivity contribution in [2.75, 3.05) is 0 Å². The molecule has 0 radical (unpaired) electrons. The molecular weight excluding hydrogens is 241 g/mol. The van der Waals surface area contributed by atoms with Crippen LogP contribution in [0.15, 0.2) is 54.7 Å². The molecule has 2 aromatic carbocycles. The van der Waals surface area contributed by atoms with Crippen LogP contribution >= 0.6 is 0 Å². The van der Waals surface area contributed by atoms with Gasteiger partial charge in [0.2, 0.25) is 0 Å². The van der Waals surface area contributed by atoms with E-state index in [1.807, 2.05) is 35.0 Å². The first-order chi connectivity index (χ1) is 9.29. The number of halogens is 1. The second-order valence-corrected chi connectivity index (χ2v) is 4.44. The summed E-state index contributed by atoms with van der Waals surface area (Å²) in [6.45, 7) is 0.418. The first-order valence-corrected chi connectivity index (χ1v) is 6.06. The highest BCUT2D eigenvalue weighted by Crippen LogP contribution is 2.21. The minimum Gasteiger partial charge on any atom is -0.342 e. The molecule has 0 saturated heterocycles. The Morgan fingerprint density at radius 1 is 1.05 bits per heavy atom. The average molecular weight is 253 g/mol. The normalized spacial score (nSPS) is 10.8. The molecule has 3 heteroatoms. The summed E-state index contributed by atoms with van der Waals surface area (Å²) in [5, 5.41) is 0.987. The number of fused-ring (bicyclic) bond motifs is 1. The maximum absolute atomic E-state index is 13.7. The fourth-order valence-corrected chi connectivity index (χ4v) is 2.33. The molecule has 94 valence electrons. The van der Waals surface area contributed by atoms with Gasteiger partial charge in [-0.15, -0.1) is 0 Å². The molecule has 0 aliphatic carbocycles. The van der Waals surface area contributed by atoms with Crippen LogP contribution in [-0.2, 0) is 6.54 Å². The molecule has 0 fully saturated rings. The third-order valence-electron chi connectivity index (χ3n) is 3.25. The molecule has 0 N–H and O–H groups in total. The quantitative estimate of drug-likeness (QED) is 0.653. The maximum Gasteiger partial charge on any atom is 0.152 e. The highest BCUT2D eigenvalue weighted by molar-refractivity contribution is 5.96. The van der Waals surface area contributed by atoms with Crippen LogP contribution in [0.4, 0.5) is 4.39 Å². The second-order valence-electron chi connectivity index (χ2n) is 4.44. The highest BCUT2D eigenvalue weighted by atomic mass is 19.1. The fraction of sp³-hybridized carbons (Fsp3) is 0.0625. The van der Waals surface area contributed by atoms with Crippen LogP contribution in [0.1, 0.15) is 15.9 Å². The Morgan fingerprint density at radius 3 is 2.68 bits per heavy atom. The molecule has 0 bridgehead atoms. The van der Waals surface area contributed by atoms with Gasteiger partial charge >= 0.3 is 0 Å². The van der Waals surface area contributed by atoms with Gasteiger partial charge in [-0.1, -0.05) is 30.3 Å². The summed E-state index contributed by atoms with van der Waals surface area (Å²) < 4.78 is 15.6. The predicted octanol–water partition coefficient (Wildman–Crippen LogP) is 3.64. The van der Waals surface area contributed by atoms with E-state index < -0.39 is 0 Å². The molecule has 0 aliphatic heterocycles. The Labute approximate surface area is 110 Å². The molecule has 0 amide bonds. The molecule has 0 spiro atoms. The number of carbonyl (C=O) groups excluding carboxylic acids is 1. The van der Waals surface area contributed by atoms with Crippen molar-refractivity contribution in [2.45, 2.75) is 6.54 Å². The molecule has 0 atom stereocenters. The van der Waals surface area contributed by atoms with Gasteiger partial charge in [-0.3, -0.25) is 4.79 Å². The van der Waals surface area contributed by atoms with Gasteiger partial charge in [0.1, 0.15) is 5.82 Å². The molecule has 0 aliphatic rings. The first-order valence-electron chi connectivity index (χ1n) is 6.06. The largest absolute Gasteiger partial charge is 0.342 e. The molecule has 2 nitrogen and oxygen atoms in total. The average Bonchev–Trinajstić information content (AvgIpc) is 2.85. The molecule has 1 aromatic heterocycles. The van der Waals surface area contributed by atoms with Crippen molar-refractivity contribution in [1.29, 1.82) is 0 Å². The monoisotopic (exact) mass is 253 g/mol. The third kappa shape index (κ3) is 2.03. The lowest BCUT2D eigenvalue weighted by molar-refractivity contribution is 0.112. The van der Waals surface area contributed by atoms with E-state index in [4.69, 9.17) is 0 Å². The summed E-state index contributed by atoms with van der Waals surface area (Å²) in [6, 6.07) is 14.2.